The van der Waals surface area contributed by atoms with Gasteiger partial charge in [0.1, 0.15) is 29.9 Å². The number of aromatic nitrogens is 1. The lowest BCUT2D eigenvalue weighted by atomic mass is 10.0. The van der Waals surface area contributed by atoms with Gasteiger partial charge < -0.3 is 46.3 Å². The molecule has 15 nitrogen and oxygen atoms in total. The SMILES string of the molecule is CC(C)C(=O)N[C@H]1C[C@H]2C(=O)N[C@@H]([C@@H](C)O)C(=O)N[C@@H](C)C(=O)NCCc3ccc(cc3)OCC(=O)N[C@H](Cc3c[nH]c4ccccc34)C(=O)N2C1. The molecule has 1 saturated heterocycles. The van der Waals surface area contributed by atoms with Gasteiger partial charge >= 0.3 is 0 Å². The van der Waals surface area contributed by atoms with Crippen LogP contribution in [-0.4, -0.2) is 106 Å². The third-order valence-electron chi connectivity index (χ3n) is 9.31. The third kappa shape index (κ3) is 9.26. The number of carbonyl (C=O) groups excluding carboxylic acids is 6. The van der Waals surface area contributed by atoms with Gasteiger partial charge in [-0.2, -0.15) is 0 Å². The number of ether oxygens (including phenoxy) is 1. The second-order valence-electron chi connectivity index (χ2n) is 13.7. The Balaban J connectivity index is 1.49. The van der Waals surface area contributed by atoms with Crippen LogP contribution in [-0.2, 0) is 41.6 Å². The maximum atomic E-state index is 14.5. The van der Waals surface area contributed by atoms with Gasteiger partial charge in [-0.3, -0.25) is 28.8 Å². The van der Waals surface area contributed by atoms with Crippen LogP contribution in [0.1, 0.15) is 45.2 Å². The van der Waals surface area contributed by atoms with E-state index in [0.717, 1.165) is 22.0 Å². The van der Waals surface area contributed by atoms with E-state index in [1.54, 1.807) is 44.3 Å². The molecule has 6 rings (SSSR count). The lowest BCUT2D eigenvalue weighted by Crippen LogP contribution is -2.60. The van der Waals surface area contributed by atoms with E-state index in [2.05, 4.69) is 31.6 Å². The van der Waals surface area contributed by atoms with Gasteiger partial charge in [0.05, 0.1) is 6.10 Å². The number of amides is 6. The highest BCUT2D eigenvalue weighted by molar-refractivity contribution is 5.97. The first-order valence-electron chi connectivity index (χ1n) is 17.5. The van der Waals surface area contributed by atoms with Crippen molar-refractivity contribution >= 4 is 46.3 Å². The van der Waals surface area contributed by atoms with Gasteiger partial charge in [-0.15, -0.1) is 0 Å². The highest BCUT2D eigenvalue weighted by Gasteiger charge is 2.44. The zero-order valence-electron chi connectivity index (χ0n) is 29.7. The number of hydrogen-bond acceptors (Lipinski definition) is 8. The Morgan fingerprint density at radius 3 is 2.40 bits per heavy atom. The normalized spacial score (nSPS) is 24.5. The van der Waals surface area contributed by atoms with E-state index in [1.807, 2.05) is 24.3 Å². The summed E-state index contributed by atoms with van der Waals surface area (Å²) >= 11 is 0. The van der Waals surface area contributed by atoms with Crippen LogP contribution in [0, 0.1) is 5.92 Å². The summed E-state index contributed by atoms with van der Waals surface area (Å²) in [6, 6.07) is 9.10. The Morgan fingerprint density at radius 1 is 0.962 bits per heavy atom. The first-order valence-corrected chi connectivity index (χ1v) is 17.5. The molecule has 6 amide bonds. The van der Waals surface area contributed by atoms with Crippen LogP contribution in [0.3, 0.4) is 0 Å². The fourth-order valence-electron chi connectivity index (χ4n) is 6.36. The predicted octanol–water partition coefficient (Wildman–Crippen LogP) is 0.0585. The van der Waals surface area contributed by atoms with E-state index >= 15 is 0 Å². The summed E-state index contributed by atoms with van der Waals surface area (Å²) in [4.78, 5) is 85.2. The average Bonchev–Trinajstić information content (AvgIpc) is 3.73. The summed E-state index contributed by atoms with van der Waals surface area (Å²) in [6.45, 7) is 6.07. The number of aliphatic hydroxyl groups excluding tert-OH is 1. The second-order valence-corrected chi connectivity index (χ2v) is 13.7. The number of aliphatic hydroxyl groups is 1. The molecule has 0 unspecified atom stereocenters. The molecule has 2 bridgehead atoms. The van der Waals surface area contributed by atoms with Crippen molar-refractivity contribution in [2.45, 2.75) is 83.3 Å². The molecular weight excluding hydrogens is 670 g/mol. The molecule has 0 radical (unpaired) electrons. The van der Waals surface area contributed by atoms with Gasteiger partial charge in [0.2, 0.25) is 29.5 Å². The summed E-state index contributed by atoms with van der Waals surface area (Å²) in [5.74, 6) is -3.39. The Bertz CT molecular complexity index is 1790. The first kappa shape index (κ1) is 37.8. The van der Waals surface area contributed by atoms with Crippen molar-refractivity contribution in [3.8, 4) is 5.75 Å². The molecule has 15 heteroatoms. The Kier molecular flexibility index (Phi) is 12.2. The predicted molar refractivity (Wildman–Crippen MR) is 191 cm³/mol. The minimum absolute atomic E-state index is 0.00977. The topological polar surface area (TPSA) is 211 Å². The van der Waals surface area contributed by atoms with Crippen molar-refractivity contribution in [3.05, 3.63) is 65.9 Å². The quantitative estimate of drug-likeness (QED) is 0.179. The van der Waals surface area contributed by atoms with Crippen molar-refractivity contribution in [3.63, 3.8) is 0 Å². The number of H-pyrrole nitrogens is 1. The number of rotatable bonds is 5. The maximum absolute atomic E-state index is 14.5. The monoisotopic (exact) mass is 717 g/mol. The summed E-state index contributed by atoms with van der Waals surface area (Å²) < 4.78 is 5.75. The lowest BCUT2D eigenvalue weighted by Gasteiger charge is -2.30. The van der Waals surface area contributed by atoms with Crippen molar-refractivity contribution in [1.82, 2.24) is 36.5 Å². The van der Waals surface area contributed by atoms with E-state index in [9.17, 15) is 33.9 Å². The fraction of sp³-hybridized carbons (Fsp3) is 0.459. The maximum Gasteiger partial charge on any atom is 0.258 e. The number of nitrogens with zero attached hydrogens (tertiary/aromatic N) is 1. The summed E-state index contributed by atoms with van der Waals surface area (Å²) in [5.41, 5.74) is 2.48. The van der Waals surface area contributed by atoms with Crippen LogP contribution in [0.5, 0.6) is 5.75 Å². The Labute approximate surface area is 301 Å². The molecule has 6 atom stereocenters. The number of carbonyl (C=O) groups is 6. The van der Waals surface area contributed by atoms with Crippen LogP contribution >= 0.6 is 0 Å². The van der Waals surface area contributed by atoms with Gasteiger partial charge in [-0.1, -0.05) is 44.2 Å². The van der Waals surface area contributed by atoms with Crippen molar-refractivity contribution in [2.24, 2.45) is 5.92 Å². The molecule has 52 heavy (non-hydrogen) atoms. The minimum atomic E-state index is -1.47. The fourth-order valence-corrected chi connectivity index (χ4v) is 6.36. The standard InChI is InChI=1S/C37H47N7O8/c1-20(2)33(47)41-25-16-30-35(49)43-32(22(4)45)36(50)40-21(3)34(48)38-14-13-23-9-11-26(12-10-23)52-19-31(46)42-29(37(51)44(30)18-25)15-24-17-39-28-8-6-5-7-27(24)28/h5-12,17,20-22,25,29-30,32,39,45H,13-16,18-19H2,1-4H3,(H,38,48)(H,40,50)(H,41,47)(H,42,46)(H,43,49)/t21-,22+,25-,29+,30-,32-/m0/s1. The largest absolute Gasteiger partial charge is 0.484 e. The van der Waals surface area contributed by atoms with Gasteiger partial charge in [0, 0.05) is 48.6 Å². The van der Waals surface area contributed by atoms with Crippen LogP contribution in [0.4, 0.5) is 0 Å². The molecule has 3 aliphatic rings. The van der Waals surface area contributed by atoms with Gasteiger partial charge in [0.15, 0.2) is 6.61 Å². The van der Waals surface area contributed by atoms with E-state index in [4.69, 9.17) is 4.74 Å². The highest BCUT2D eigenvalue weighted by atomic mass is 16.5. The number of fused-ring (bicyclic) bond motifs is 17. The molecule has 3 aromatic rings. The number of aromatic amines is 1. The minimum Gasteiger partial charge on any atom is -0.484 e. The smallest absolute Gasteiger partial charge is 0.258 e. The van der Waals surface area contributed by atoms with Crippen LogP contribution in [0.25, 0.3) is 10.9 Å². The molecule has 7 N–H and O–H groups in total. The van der Waals surface area contributed by atoms with E-state index in [1.165, 1.54) is 18.7 Å². The third-order valence-corrected chi connectivity index (χ3v) is 9.31. The van der Waals surface area contributed by atoms with Gasteiger partial charge in [0.25, 0.3) is 5.91 Å². The summed E-state index contributed by atoms with van der Waals surface area (Å²) in [5, 5.41) is 25.0. The van der Waals surface area contributed by atoms with Crippen molar-refractivity contribution < 1.29 is 38.6 Å². The molecule has 0 aliphatic carbocycles. The molecule has 1 aromatic heterocycles. The lowest BCUT2D eigenvalue weighted by molar-refractivity contribution is -0.143. The summed E-state index contributed by atoms with van der Waals surface area (Å²) in [6.07, 6.45) is 0.944. The zero-order chi connectivity index (χ0) is 37.5. The molecule has 2 aromatic carbocycles. The van der Waals surface area contributed by atoms with E-state index in [0.29, 0.717) is 12.2 Å². The Morgan fingerprint density at radius 2 is 1.69 bits per heavy atom. The molecule has 0 saturated carbocycles. The number of hydrogen-bond donors (Lipinski definition) is 7. The summed E-state index contributed by atoms with van der Waals surface area (Å²) in [7, 11) is 0. The second kappa shape index (κ2) is 16.7. The number of nitrogens with one attached hydrogen (secondary N) is 6. The van der Waals surface area contributed by atoms with E-state index in [-0.39, 0.29) is 37.8 Å². The van der Waals surface area contributed by atoms with E-state index < -0.39 is 72.5 Å². The molecular formula is C37H47N7O8. The van der Waals surface area contributed by atoms with Crippen LogP contribution in [0.2, 0.25) is 0 Å². The molecule has 278 valence electrons. The Hall–Kier alpha value is -5.44. The molecule has 0 spiro atoms. The van der Waals surface area contributed by atoms with Gasteiger partial charge in [-0.05, 0) is 56.0 Å². The van der Waals surface area contributed by atoms with Crippen molar-refractivity contribution in [1.29, 1.82) is 0 Å². The highest BCUT2D eigenvalue weighted by Crippen LogP contribution is 2.24. The zero-order valence-corrected chi connectivity index (χ0v) is 29.7. The molecule has 4 heterocycles. The number of para-hydroxylation sites is 1. The van der Waals surface area contributed by atoms with Gasteiger partial charge in [-0.25, -0.2) is 0 Å². The van der Waals surface area contributed by atoms with Crippen molar-refractivity contribution in [2.75, 3.05) is 19.7 Å². The first-order chi connectivity index (χ1) is 24.8. The van der Waals surface area contributed by atoms with Crippen LogP contribution < -0.4 is 31.3 Å². The van der Waals surface area contributed by atoms with Crippen LogP contribution in [0.15, 0.2) is 54.7 Å². The number of benzene rings is 2. The molecule has 3 aliphatic heterocycles. The average molecular weight is 718 g/mol. The molecule has 1 fully saturated rings.